The number of rotatable bonds is 2. The Kier molecular flexibility index (Phi) is 3.20. The summed E-state index contributed by atoms with van der Waals surface area (Å²) in [6, 6.07) is 8.64. The van der Waals surface area contributed by atoms with Crippen molar-refractivity contribution in [2.24, 2.45) is 0 Å². The second-order valence-corrected chi connectivity index (χ2v) is 16.7. The van der Waals surface area contributed by atoms with Crippen LogP contribution in [0.15, 0.2) is 24.3 Å². The van der Waals surface area contributed by atoms with Crippen LogP contribution >= 0.6 is 12.2 Å². The van der Waals surface area contributed by atoms with Crippen molar-refractivity contribution in [3.63, 3.8) is 0 Å². The van der Waals surface area contributed by atoms with Crippen molar-refractivity contribution in [1.82, 2.24) is 8.47 Å². The molecule has 0 radical (unpaired) electrons. The quantitative estimate of drug-likeness (QED) is 0.584. The predicted molar refractivity (Wildman–Crippen MR) is 88.3 cm³/mol. The summed E-state index contributed by atoms with van der Waals surface area (Å²) in [5.74, 6) is 0. The van der Waals surface area contributed by atoms with Gasteiger partial charge in [-0.3, -0.25) is 0 Å². The Balaban J connectivity index is 2.99. The lowest BCUT2D eigenvalue weighted by molar-refractivity contribution is 1.05. The van der Waals surface area contributed by atoms with Crippen molar-refractivity contribution < 1.29 is 0 Å². The zero-order valence-corrected chi connectivity index (χ0v) is 14.9. The third kappa shape index (κ3) is 2.15. The molecule has 0 saturated carbocycles. The average molecular weight is 295 g/mol. The van der Waals surface area contributed by atoms with E-state index in [1.165, 1.54) is 11.0 Å². The van der Waals surface area contributed by atoms with Gasteiger partial charge in [-0.1, -0.05) is 51.4 Å². The summed E-state index contributed by atoms with van der Waals surface area (Å²) in [5.41, 5.74) is 2.62. The molecule has 2 nitrogen and oxygen atoms in total. The van der Waals surface area contributed by atoms with Crippen molar-refractivity contribution in [2.75, 3.05) is 0 Å². The Morgan fingerprint density at radius 3 is 1.39 bits per heavy atom. The Labute approximate surface area is 116 Å². The standard InChI is InChI=1S/C13H22N2SSi2/c1-17(2,3)14-11-9-7-8-10-12(11)15(13(14)16)18(4,5)6/h7-10H,1-6H3. The molecule has 5 heteroatoms. The van der Waals surface area contributed by atoms with Crippen LogP contribution in [0.2, 0.25) is 39.3 Å². The van der Waals surface area contributed by atoms with Crippen LogP contribution in [0.3, 0.4) is 0 Å². The molecule has 0 bridgehead atoms. The smallest absolute Gasteiger partial charge is 0.164 e. The fourth-order valence-corrected chi connectivity index (χ4v) is 7.56. The summed E-state index contributed by atoms with van der Waals surface area (Å²) in [6.07, 6.45) is 0. The first-order chi connectivity index (χ1) is 8.14. The van der Waals surface area contributed by atoms with Crippen LogP contribution in [0.4, 0.5) is 0 Å². The van der Waals surface area contributed by atoms with E-state index >= 15 is 0 Å². The second kappa shape index (κ2) is 4.18. The van der Waals surface area contributed by atoms with Crippen LogP contribution in [-0.2, 0) is 0 Å². The van der Waals surface area contributed by atoms with Crippen molar-refractivity contribution in [2.45, 2.75) is 39.3 Å². The lowest BCUT2D eigenvalue weighted by atomic mass is 10.3. The fraction of sp³-hybridized carbons (Fsp3) is 0.462. The number of imidazole rings is 1. The number of aromatic nitrogens is 2. The van der Waals surface area contributed by atoms with Crippen molar-refractivity contribution >= 4 is 39.7 Å². The minimum atomic E-state index is -1.49. The van der Waals surface area contributed by atoms with E-state index in [0.29, 0.717) is 0 Å². The van der Waals surface area contributed by atoms with E-state index < -0.39 is 16.5 Å². The molecule has 1 aromatic heterocycles. The Hall–Kier alpha value is -0.656. The van der Waals surface area contributed by atoms with Crippen LogP contribution < -0.4 is 0 Å². The van der Waals surface area contributed by atoms with Crippen LogP contribution in [0.5, 0.6) is 0 Å². The molecule has 0 aliphatic rings. The Morgan fingerprint density at radius 1 is 0.778 bits per heavy atom. The SMILES string of the molecule is C[Si](C)(C)n1c(=S)n([Si](C)(C)C)c2ccccc21. The highest BCUT2D eigenvalue weighted by atomic mass is 32.1. The van der Waals surface area contributed by atoms with Crippen molar-refractivity contribution in [3.05, 3.63) is 29.0 Å². The molecule has 0 aliphatic heterocycles. The normalized spacial score (nSPS) is 13.2. The highest BCUT2D eigenvalue weighted by Gasteiger charge is 2.27. The summed E-state index contributed by atoms with van der Waals surface area (Å²) in [6.45, 7) is 14.1. The van der Waals surface area contributed by atoms with Gasteiger partial charge in [0.05, 0.1) is 11.0 Å². The molecule has 0 amide bonds. The number of benzene rings is 1. The molecule has 1 heterocycles. The highest BCUT2D eigenvalue weighted by molar-refractivity contribution is 7.71. The van der Waals surface area contributed by atoms with Gasteiger partial charge in [0.25, 0.3) is 0 Å². The summed E-state index contributed by atoms with van der Waals surface area (Å²) < 4.78 is 5.88. The van der Waals surface area contributed by atoms with Gasteiger partial charge in [0, 0.05) is 0 Å². The molecule has 2 aromatic rings. The molecule has 98 valence electrons. The van der Waals surface area contributed by atoms with E-state index in [-0.39, 0.29) is 0 Å². The summed E-state index contributed by atoms with van der Waals surface area (Å²) in [5, 5.41) is 0. The molecule has 0 saturated heterocycles. The first-order valence-corrected chi connectivity index (χ1v) is 13.7. The van der Waals surface area contributed by atoms with E-state index in [9.17, 15) is 0 Å². The lowest BCUT2D eigenvalue weighted by Crippen LogP contribution is -2.35. The molecule has 0 atom stereocenters. The van der Waals surface area contributed by atoms with E-state index in [0.717, 1.165) is 4.77 Å². The first-order valence-electron chi connectivity index (χ1n) is 6.37. The summed E-state index contributed by atoms with van der Waals surface area (Å²) in [4.78, 5) is 0. The summed E-state index contributed by atoms with van der Waals surface area (Å²) >= 11 is 5.78. The molecule has 0 N–H and O–H groups in total. The fourth-order valence-electron chi connectivity index (χ4n) is 2.44. The molecule has 0 aliphatic carbocycles. The van der Waals surface area contributed by atoms with Crippen molar-refractivity contribution in [3.8, 4) is 0 Å². The molecule has 0 spiro atoms. The van der Waals surface area contributed by atoms with Gasteiger partial charge < -0.3 is 8.47 Å². The lowest BCUT2D eigenvalue weighted by Gasteiger charge is -2.22. The van der Waals surface area contributed by atoms with Gasteiger partial charge in [-0.25, -0.2) is 0 Å². The maximum atomic E-state index is 5.78. The Bertz CT molecular complexity index is 588. The third-order valence-electron chi connectivity index (χ3n) is 3.09. The average Bonchev–Trinajstić information content (AvgIpc) is 2.47. The predicted octanol–water partition coefficient (Wildman–Crippen LogP) is 4.54. The van der Waals surface area contributed by atoms with E-state index in [1.807, 2.05) is 0 Å². The van der Waals surface area contributed by atoms with Gasteiger partial charge in [-0.05, 0) is 24.4 Å². The van der Waals surface area contributed by atoms with E-state index in [1.54, 1.807) is 0 Å². The number of nitrogens with zero attached hydrogens (tertiary/aromatic N) is 2. The number of para-hydroxylation sites is 2. The maximum absolute atomic E-state index is 5.78. The zero-order valence-electron chi connectivity index (χ0n) is 12.1. The minimum absolute atomic E-state index is 1.02. The van der Waals surface area contributed by atoms with E-state index in [2.05, 4.69) is 72.0 Å². The van der Waals surface area contributed by atoms with Crippen LogP contribution in [0.25, 0.3) is 11.0 Å². The molecule has 1 aromatic carbocycles. The molecule has 0 fully saturated rings. The number of hydrogen-bond donors (Lipinski definition) is 0. The maximum Gasteiger partial charge on any atom is 0.164 e. The van der Waals surface area contributed by atoms with Crippen LogP contribution in [0, 0.1) is 4.77 Å². The third-order valence-corrected chi connectivity index (χ3v) is 7.37. The molecule has 0 unspecified atom stereocenters. The topological polar surface area (TPSA) is 9.86 Å². The largest absolute Gasteiger partial charge is 0.346 e. The van der Waals surface area contributed by atoms with Crippen LogP contribution in [0.1, 0.15) is 0 Å². The molecule has 2 rings (SSSR count). The zero-order chi connectivity index (χ0) is 13.7. The van der Waals surface area contributed by atoms with Gasteiger partial charge in [0.15, 0.2) is 21.2 Å². The van der Waals surface area contributed by atoms with Gasteiger partial charge in [0.1, 0.15) is 0 Å². The molecular weight excluding hydrogens is 272 g/mol. The number of hydrogen-bond acceptors (Lipinski definition) is 1. The first kappa shape index (κ1) is 13.8. The van der Waals surface area contributed by atoms with Crippen LogP contribution in [-0.4, -0.2) is 24.9 Å². The van der Waals surface area contributed by atoms with E-state index in [4.69, 9.17) is 12.2 Å². The molecular formula is C13H22N2SSi2. The van der Waals surface area contributed by atoms with Gasteiger partial charge in [0.2, 0.25) is 0 Å². The number of fused-ring (bicyclic) bond motifs is 1. The van der Waals surface area contributed by atoms with Crippen molar-refractivity contribution in [1.29, 1.82) is 0 Å². The minimum Gasteiger partial charge on any atom is -0.346 e. The second-order valence-electron chi connectivity index (χ2n) is 6.78. The molecule has 18 heavy (non-hydrogen) atoms. The van der Waals surface area contributed by atoms with Gasteiger partial charge in [-0.2, -0.15) is 0 Å². The summed E-state index contributed by atoms with van der Waals surface area (Å²) in [7, 11) is -2.97. The Morgan fingerprint density at radius 2 is 1.11 bits per heavy atom. The van der Waals surface area contributed by atoms with Gasteiger partial charge in [-0.15, -0.1) is 0 Å². The highest BCUT2D eigenvalue weighted by Crippen LogP contribution is 2.25. The van der Waals surface area contributed by atoms with Gasteiger partial charge >= 0.3 is 0 Å². The monoisotopic (exact) mass is 294 g/mol.